The molecule has 2 heterocycles. The molecule has 0 saturated heterocycles. The van der Waals surface area contributed by atoms with Crippen LogP contribution in [-0.4, -0.2) is 4.98 Å². The number of anilines is 3. The van der Waals surface area contributed by atoms with Crippen LogP contribution in [0.1, 0.15) is 0 Å². The molecule has 0 N–H and O–H groups in total. The molecule has 0 bridgehead atoms. The summed E-state index contributed by atoms with van der Waals surface area (Å²) in [4.78, 5) is 7.35. The summed E-state index contributed by atoms with van der Waals surface area (Å²) in [5.74, 6) is 0.581. The number of nitrogens with zero attached hydrogens (tertiary/aromatic N) is 2. The van der Waals surface area contributed by atoms with E-state index >= 15 is 0 Å². The third-order valence-electron chi connectivity index (χ3n) is 10.4. The summed E-state index contributed by atoms with van der Waals surface area (Å²) in [5.41, 5.74) is 9.57. The van der Waals surface area contributed by atoms with Gasteiger partial charge in [-0.05, 0) is 98.7 Å². The smallest absolute Gasteiger partial charge is 0.228 e. The van der Waals surface area contributed by atoms with Crippen molar-refractivity contribution in [2.75, 3.05) is 4.90 Å². The first kappa shape index (κ1) is 29.5. The van der Waals surface area contributed by atoms with Gasteiger partial charge in [0.25, 0.3) is 0 Å². The van der Waals surface area contributed by atoms with E-state index in [0.717, 1.165) is 72.0 Å². The van der Waals surface area contributed by atoms with Crippen LogP contribution in [0.3, 0.4) is 0 Å². The number of furan rings is 1. The summed E-state index contributed by atoms with van der Waals surface area (Å²) in [5, 5.41) is 9.05. The normalized spacial score (nSPS) is 11.8. The first-order valence-corrected chi connectivity index (χ1v) is 17.9. The Hall–Kier alpha value is -7.17. The molecule has 0 spiro atoms. The lowest BCUT2D eigenvalue weighted by Gasteiger charge is -2.26. The van der Waals surface area contributed by atoms with Crippen LogP contribution in [0, 0.1) is 0 Å². The molecule has 0 unspecified atom stereocenters. The topological polar surface area (TPSA) is 42.4 Å². The van der Waals surface area contributed by atoms with Crippen LogP contribution < -0.4 is 4.90 Å². The molecular formula is C49H30N2O2. The lowest BCUT2D eigenvalue weighted by molar-refractivity contribution is 0.620. The number of rotatable bonds is 5. The van der Waals surface area contributed by atoms with Gasteiger partial charge in [0.15, 0.2) is 5.58 Å². The number of hydrogen-bond acceptors (Lipinski definition) is 4. The van der Waals surface area contributed by atoms with E-state index in [-0.39, 0.29) is 0 Å². The Morgan fingerprint density at radius 3 is 1.91 bits per heavy atom. The third kappa shape index (κ3) is 4.88. The first-order chi connectivity index (χ1) is 26.2. The van der Waals surface area contributed by atoms with Gasteiger partial charge in [-0.2, -0.15) is 0 Å². The molecular weight excluding hydrogens is 649 g/mol. The molecule has 0 radical (unpaired) electrons. The van der Waals surface area contributed by atoms with E-state index < -0.39 is 0 Å². The molecule has 9 aromatic carbocycles. The van der Waals surface area contributed by atoms with Crippen LogP contribution >= 0.6 is 0 Å². The fourth-order valence-corrected chi connectivity index (χ4v) is 7.86. The third-order valence-corrected chi connectivity index (χ3v) is 10.4. The van der Waals surface area contributed by atoms with Gasteiger partial charge >= 0.3 is 0 Å². The molecule has 0 fully saturated rings. The Morgan fingerprint density at radius 2 is 1.04 bits per heavy atom. The van der Waals surface area contributed by atoms with E-state index in [9.17, 15) is 0 Å². The largest absolute Gasteiger partial charge is 0.456 e. The van der Waals surface area contributed by atoms with Gasteiger partial charge in [-0.3, -0.25) is 0 Å². The zero-order valence-corrected chi connectivity index (χ0v) is 28.5. The highest BCUT2D eigenvalue weighted by Crippen LogP contribution is 2.43. The molecule has 0 atom stereocenters. The second kappa shape index (κ2) is 11.7. The molecule has 53 heavy (non-hydrogen) atoms. The molecule has 4 nitrogen and oxygen atoms in total. The van der Waals surface area contributed by atoms with Crippen LogP contribution in [0.4, 0.5) is 17.1 Å². The van der Waals surface area contributed by atoms with Crippen molar-refractivity contribution < 1.29 is 8.83 Å². The molecule has 0 aliphatic rings. The van der Waals surface area contributed by atoms with Gasteiger partial charge in [0.2, 0.25) is 5.89 Å². The number of hydrogen-bond donors (Lipinski definition) is 0. The highest BCUT2D eigenvalue weighted by molar-refractivity contribution is 6.13. The van der Waals surface area contributed by atoms with Crippen LogP contribution in [0.5, 0.6) is 0 Å². The predicted octanol–water partition coefficient (Wildman–Crippen LogP) is 14.0. The summed E-state index contributed by atoms with van der Waals surface area (Å²) < 4.78 is 13.0. The Morgan fingerprint density at radius 1 is 0.377 bits per heavy atom. The fraction of sp³-hybridized carbons (Fsp3) is 0. The lowest BCUT2D eigenvalue weighted by Crippen LogP contribution is -2.10. The van der Waals surface area contributed by atoms with Crippen LogP contribution in [0.2, 0.25) is 0 Å². The molecule has 0 aliphatic heterocycles. The minimum atomic E-state index is 0.581. The summed E-state index contributed by atoms with van der Waals surface area (Å²) in [7, 11) is 0. The highest BCUT2D eigenvalue weighted by Gasteiger charge is 2.20. The quantitative estimate of drug-likeness (QED) is 0.182. The standard InChI is InChI=1S/C49H30N2O2/c1-3-12-34-27-37(20-19-31(34)9-1)36-14-7-15-38(29-36)51(39-23-21-32-10-2-4-13-35(32)28-39)40-24-25-42-46(30-40)52-44-18-8-17-43(47(42)44)49-50-48-41-16-6-5-11-33(41)22-26-45(48)53-49/h1-30H. The highest BCUT2D eigenvalue weighted by atomic mass is 16.3. The van der Waals surface area contributed by atoms with Crippen molar-refractivity contribution in [1.82, 2.24) is 4.98 Å². The summed E-state index contributed by atoms with van der Waals surface area (Å²) in [6.07, 6.45) is 0. The molecule has 11 aromatic rings. The minimum Gasteiger partial charge on any atom is -0.456 e. The van der Waals surface area contributed by atoms with Gasteiger partial charge in [-0.15, -0.1) is 0 Å². The van der Waals surface area contributed by atoms with Gasteiger partial charge in [0, 0.05) is 44.9 Å². The van der Waals surface area contributed by atoms with Gasteiger partial charge in [0.05, 0.1) is 0 Å². The van der Waals surface area contributed by atoms with Gasteiger partial charge < -0.3 is 13.7 Å². The average molecular weight is 679 g/mol. The van der Waals surface area contributed by atoms with Crippen molar-refractivity contribution in [3.05, 3.63) is 182 Å². The number of fused-ring (bicyclic) bond motifs is 8. The van der Waals surface area contributed by atoms with Crippen LogP contribution in [0.15, 0.2) is 191 Å². The maximum Gasteiger partial charge on any atom is 0.228 e. The number of oxazole rings is 1. The monoisotopic (exact) mass is 678 g/mol. The van der Waals surface area contributed by atoms with Gasteiger partial charge in [0.1, 0.15) is 16.7 Å². The van der Waals surface area contributed by atoms with Gasteiger partial charge in [-0.1, -0.05) is 115 Å². The molecule has 2 aromatic heterocycles. The zero-order chi connectivity index (χ0) is 34.9. The second-order valence-corrected chi connectivity index (χ2v) is 13.6. The van der Waals surface area contributed by atoms with Crippen molar-refractivity contribution in [1.29, 1.82) is 0 Å². The van der Waals surface area contributed by atoms with E-state index in [4.69, 9.17) is 13.8 Å². The van der Waals surface area contributed by atoms with E-state index in [2.05, 4.69) is 157 Å². The lowest BCUT2D eigenvalue weighted by atomic mass is 10.00. The van der Waals surface area contributed by atoms with E-state index in [1.165, 1.54) is 27.1 Å². The van der Waals surface area contributed by atoms with Crippen molar-refractivity contribution in [3.8, 4) is 22.6 Å². The zero-order valence-electron chi connectivity index (χ0n) is 28.5. The summed E-state index contributed by atoms with van der Waals surface area (Å²) >= 11 is 0. The predicted molar refractivity (Wildman–Crippen MR) is 219 cm³/mol. The average Bonchev–Trinajstić information content (AvgIpc) is 3.83. The molecule has 11 rings (SSSR count). The van der Waals surface area contributed by atoms with E-state index in [1.807, 2.05) is 30.3 Å². The minimum absolute atomic E-state index is 0.581. The molecule has 4 heteroatoms. The maximum atomic E-state index is 6.63. The number of aromatic nitrogens is 1. The van der Waals surface area contributed by atoms with Crippen molar-refractivity contribution in [3.63, 3.8) is 0 Å². The summed E-state index contributed by atoms with van der Waals surface area (Å²) in [6, 6.07) is 64.1. The van der Waals surface area contributed by atoms with Crippen molar-refractivity contribution in [2.24, 2.45) is 0 Å². The van der Waals surface area contributed by atoms with Crippen LogP contribution in [0.25, 0.3) is 87.9 Å². The van der Waals surface area contributed by atoms with E-state index in [0.29, 0.717) is 5.89 Å². The van der Waals surface area contributed by atoms with Crippen molar-refractivity contribution in [2.45, 2.75) is 0 Å². The second-order valence-electron chi connectivity index (χ2n) is 13.6. The van der Waals surface area contributed by atoms with Gasteiger partial charge in [-0.25, -0.2) is 4.98 Å². The fourth-order valence-electron chi connectivity index (χ4n) is 7.86. The number of benzene rings is 9. The SMILES string of the molecule is c1cc(-c2ccc3ccccc3c2)cc(N(c2ccc3ccccc3c2)c2ccc3c(c2)oc2cccc(-c4nc5c(ccc6ccccc65)o4)c23)c1. The van der Waals surface area contributed by atoms with E-state index in [1.54, 1.807) is 0 Å². The molecule has 0 aliphatic carbocycles. The Bertz CT molecular complexity index is 3210. The Balaban J connectivity index is 1.07. The summed E-state index contributed by atoms with van der Waals surface area (Å²) in [6.45, 7) is 0. The Labute approximate surface area is 304 Å². The first-order valence-electron chi connectivity index (χ1n) is 17.9. The maximum absolute atomic E-state index is 6.63. The molecule has 248 valence electrons. The Kier molecular flexibility index (Phi) is 6.52. The van der Waals surface area contributed by atoms with Crippen molar-refractivity contribution >= 4 is 82.4 Å². The molecule has 0 amide bonds. The molecule has 0 saturated carbocycles. The van der Waals surface area contributed by atoms with Crippen LogP contribution in [-0.2, 0) is 0 Å².